The Morgan fingerprint density at radius 3 is 2.86 bits per heavy atom. The van der Waals surface area contributed by atoms with Gasteiger partial charge in [-0.05, 0) is 30.1 Å². The summed E-state index contributed by atoms with van der Waals surface area (Å²) in [5.74, 6) is 0.766. The molecule has 1 aromatic rings. The molecule has 0 radical (unpaired) electrons. The monoisotopic (exact) mass is 288 g/mol. The van der Waals surface area contributed by atoms with Crippen LogP contribution in [0.5, 0.6) is 0 Å². The second-order valence-electron chi connectivity index (χ2n) is 6.45. The van der Waals surface area contributed by atoms with Gasteiger partial charge in [-0.1, -0.05) is 13.8 Å². The third-order valence-corrected chi connectivity index (χ3v) is 5.10. The predicted molar refractivity (Wildman–Crippen MR) is 76.6 cm³/mol. The fourth-order valence-electron chi connectivity index (χ4n) is 3.72. The van der Waals surface area contributed by atoms with Crippen LogP contribution in [0.4, 0.5) is 0 Å². The van der Waals surface area contributed by atoms with E-state index in [2.05, 4.69) is 13.8 Å². The zero-order valence-corrected chi connectivity index (χ0v) is 12.9. The first kappa shape index (κ1) is 14.1. The molecule has 0 spiro atoms. The van der Waals surface area contributed by atoms with Gasteiger partial charge in [0.2, 0.25) is 0 Å². The van der Waals surface area contributed by atoms with Crippen LogP contribution in [-0.4, -0.2) is 11.8 Å². The summed E-state index contributed by atoms with van der Waals surface area (Å²) in [5, 5.41) is 0. The van der Waals surface area contributed by atoms with Crippen LogP contribution >= 0.6 is 0 Å². The van der Waals surface area contributed by atoms with Crippen molar-refractivity contribution >= 4 is 11.8 Å². The van der Waals surface area contributed by atoms with Gasteiger partial charge in [0.15, 0.2) is 5.78 Å². The molecule has 1 heterocycles. The summed E-state index contributed by atoms with van der Waals surface area (Å²) in [6.45, 7) is 7.55. The van der Waals surface area contributed by atoms with E-state index in [4.69, 9.17) is 9.15 Å². The number of aryl methyl sites for hydroxylation is 1. The number of carbonyl (C=O) groups excluding carboxylic acids is 2. The van der Waals surface area contributed by atoms with Crippen LogP contribution in [0.25, 0.3) is 0 Å². The quantitative estimate of drug-likeness (QED) is 0.744. The summed E-state index contributed by atoms with van der Waals surface area (Å²) >= 11 is 0. The van der Waals surface area contributed by atoms with E-state index in [1.165, 1.54) is 6.92 Å². The average molecular weight is 288 g/mol. The lowest BCUT2D eigenvalue weighted by Gasteiger charge is -2.48. The van der Waals surface area contributed by atoms with Crippen LogP contribution < -0.4 is 0 Å². The minimum absolute atomic E-state index is 0.122. The van der Waals surface area contributed by atoms with Crippen molar-refractivity contribution in [2.45, 2.75) is 46.6 Å². The molecule has 4 nitrogen and oxygen atoms in total. The zero-order valence-electron chi connectivity index (χ0n) is 12.9. The lowest BCUT2D eigenvalue weighted by Crippen LogP contribution is -2.43. The van der Waals surface area contributed by atoms with Gasteiger partial charge in [0, 0.05) is 30.7 Å². The van der Waals surface area contributed by atoms with Crippen LogP contribution in [-0.2, 0) is 20.7 Å². The first-order chi connectivity index (χ1) is 9.84. The van der Waals surface area contributed by atoms with Crippen LogP contribution in [0, 0.1) is 18.3 Å². The molecule has 0 amide bonds. The fourth-order valence-corrected chi connectivity index (χ4v) is 3.72. The average Bonchev–Trinajstić information content (AvgIpc) is 2.73. The van der Waals surface area contributed by atoms with E-state index in [1.54, 1.807) is 12.3 Å². The summed E-state index contributed by atoms with van der Waals surface area (Å²) in [5.41, 5.74) is 2.65. The van der Waals surface area contributed by atoms with Crippen molar-refractivity contribution in [1.82, 2.24) is 0 Å². The first-order valence-electron chi connectivity index (χ1n) is 7.32. The Bertz CT molecular complexity index is 652. The number of allylic oxidation sites excluding steroid dienone is 1. The number of ether oxygens (including phenoxy) is 1. The number of hydrogen-bond acceptors (Lipinski definition) is 4. The van der Waals surface area contributed by atoms with Gasteiger partial charge in [-0.2, -0.15) is 0 Å². The molecule has 0 aromatic carbocycles. The minimum Gasteiger partial charge on any atom is -0.468 e. The largest absolute Gasteiger partial charge is 0.468 e. The molecule has 0 unspecified atom stereocenters. The highest BCUT2D eigenvalue weighted by molar-refractivity contribution is 5.92. The van der Waals surface area contributed by atoms with Gasteiger partial charge in [-0.15, -0.1) is 0 Å². The molecule has 3 rings (SSSR count). The summed E-state index contributed by atoms with van der Waals surface area (Å²) < 4.78 is 11.3. The van der Waals surface area contributed by atoms with Gasteiger partial charge >= 0.3 is 5.97 Å². The van der Waals surface area contributed by atoms with E-state index >= 15 is 0 Å². The lowest BCUT2D eigenvalue weighted by molar-refractivity contribution is -0.155. The molecule has 0 aliphatic heterocycles. The minimum atomic E-state index is -0.383. The number of esters is 1. The maximum absolute atomic E-state index is 11.9. The third-order valence-electron chi connectivity index (χ3n) is 5.10. The molecule has 0 N–H and O–H groups in total. The fraction of sp³-hybridized carbons (Fsp3) is 0.529. The number of rotatable bonds is 1. The SMILES string of the molecule is CC(=O)O[C@@H]1c2c(C)coc2CC2=CC(=O)C[C@H](C)[C@]21C. The molecule has 0 saturated carbocycles. The second-order valence-corrected chi connectivity index (χ2v) is 6.45. The maximum Gasteiger partial charge on any atom is 0.303 e. The predicted octanol–water partition coefficient (Wildman–Crippen LogP) is 3.29. The van der Waals surface area contributed by atoms with Crippen molar-refractivity contribution in [1.29, 1.82) is 0 Å². The Kier molecular flexibility index (Phi) is 3.08. The number of ketones is 1. The van der Waals surface area contributed by atoms with E-state index < -0.39 is 0 Å². The Labute approximate surface area is 124 Å². The number of carbonyl (C=O) groups is 2. The Morgan fingerprint density at radius 2 is 2.19 bits per heavy atom. The number of hydrogen-bond donors (Lipinski definition) is 0. The molecule has 1 aromatic heterocycles. The molecule has 0 fully saturated rings. The lowest BCUT2D eigenvalue weighted by atomic mass is 9.58. The van der Waals surface area contributed by atoms with Gasteiger partial charge in [0.05, 0.1) is 6.26 Å². The normalized spacial score (nSPS) is 31.2. The summed E-state index contributed by atoms with van der Waals surface area (Å²) in [7, 11) is 0. The van der Waals surface area contributed by atoms with E-state index in [0.29, 0.717) is 12.8 Å². The van der Waals surface area contributed by atoms with Crippen molar-refractivity contribution in [3.63, 3.8) is 0 Å². The third kappa shape index (κ3) is 1.96. The highest BCUT2D eigenvalue weighted by Crippen LogP contribution is 2.57. The molecular weight excluding hydrogens is 268 g/mol. The smallest absolute Gasteiger partial charge is 0.303 e. The van der Waals surface area contributed by atoms with Crippen LogP contribution in [0.15, 0.2) is 22.3 Å². The Hall–Kier alpha value is -1.84. The molecule has 2 aliphatic rings. The molecule has 0 bridgehead atoms. The van der Waals surface area contributed by atoms with E-state index in [0.717, 1.165) is 22.5 Å². The van der Waals surface area contributed by atoms with Crippen molar-refractivity contribution < 1.29 is 18.7 Å². The second kappa shape index (κ2) is 4.58. The number of furan rings is 1. The summed E-state index contributed by atoms with van der Waals surface area (Å²) in [6.07, 6.45) is 4.15. The Balaban J connectivity index is 2.20. The molecule has 2 aliphatic carbocycles. The molecule has 4 heteroatoms. The van der Waals surface area contributed by atoms with Crippen LogP contribution in [0.3, 0.4) is 0 Å². The van der Waals surface area contributed by atoms with Gasteiger partial charge in [-0.25, -0.2) is 0 Å². The van der Waals surface area contributed by atoms with Crippen LogP contribution in [0.1, 0.15) is 50.2 Å². The van der Waals surface area contributed by atoms with Gasteiger partial charge in [-0.3, -0.25) is 9.59 Å². The summed E-state index contributed by atoms with van der Waals surface area (Å²) in [4.78, 5) is 23.5. The topological polar surface area (TPSA) is 56.5 Å². The first-order valence-corrected chi connectivity index (χ1v) is 7.32. The highest BCUT2D eigenvalue weighted by Gasteiger charge is 2.52. The van der Waals surface area contributed by atoms with Crippen molar-refractivity contribution in [3.05, 3.63) is 34.8 Å². The highest BCUT2D eigenvalue weighted by atomic mass is 16.5. The van der Waals surface area contributed by atoms with E-state index in [1.807, 2.05) is 6.92 Å². The van der Waals surface area contributed by atoms with Gasteiger partial charge < -0.3 is 9.15 Å². The summed E-state index contributed by atoms with van der Waals surface area (Å²) in [6, 6.07) is 0. The zero-order chi connectivity index (χ0) is 15.4. The van der Waals surface area contributed by atoms with Crippen LogP contribution in [0.2, 0.25) is 0 Å². The number of fused-ring (bicyclic) bond motifs is 2. The Morgan fingerprint density at radius 1 is 1.48 bits per heavy atom. The van der Waals surface area contributed by atoms with Gasteiger partial charge in [0.1, 0.15) is 11.9 Å². The molecular formula is C17H20O4. The standard InChI is InChI=1S/C17H20O4/c1-9-8-20-14-7-12-6-13(19)5-10(2)17(12,4)16(15(9)14)21-11(3)18/h6,8,10,16H,5,7H2,1-4H3/t10-,16+,17+/m0/s1. The van der Waals surface area contributed by atoms with Gasteiger partial charge in [0.25, 0.3) is 0 Å². The van der Waals surface area contributed by atoms with E-state index in [9.17, 15) is 9.59 Å². The molecule has 21 heavy (non-hydrogen) atoms. The molecule has 3 atom stereocenters. The van der Waals surface area contributed by atoms with Crippen molar-refractivity contribution in [2.75, 3.05) is 0 Å². The van der Waals surface area contributed by atoms with E-state index in [-0.39, 0.29) is 29.2 Å². The molecule has 112 valence electrons. The van der Waals surface area contributed by atoms with Crippen molar-refractivity contribution in [3.8, 4) is 0 Å². The molecule has 0 saturated heterocycles. The maximum atomic E-state index is 11.9. The van der Waals surface area contributed by atoms with Crippen molar-refractivity contribution in [2.24, 2.45) is 11.3 Å².